The summed E-state index contributed by atoms with van der Waals surface area (Å²) in [4.78, 5) is 38.0. The summed E-state index contributed by atoms with van der Waals surface area (Å²) in [5.41, 5.74) is 0.860. The third-order valence-electron chi connectivity index (χ3n) is 4.56. The van der Waals surface area contributed by atoms with Crippen molar-refractivity contribution >= 4 is 29.0 Å². The molecule has 2 amide bonds. The molecular formula is C22H23N3O5S. The van der Waals surface area contributed by atoms with E-state index < -0.39 is 23.6 Å². The molecule has 8 nitrogen and oxygen atoms in total. The number of aromatic hydroxyl groups is 1. The van der Waals surface area contributed by atoms with Crippen molar-refractivity contribution in [3.63, 3.8) is 0 Å². The van der Waals surface area contributed by atoms with Gasteiger partial charge in [0.05, 0.1) is 19.1 Å². The third-order valence-corrected chi connectivity index (χ3v) is 5.48. The van der Waals surface area contributed by atoms with Crippen molar-refractivity contribution in [1.29, 1.82) is 0 Å². The first-order valence-electron chi connectivity index (χ1n) is 9.64. The summed E-state index contributed by atoms with van der Waals surface area (Å²) in [5.74, 6) is -0.812. The van der Waals surface area contributed by atoms with Crippen LogP contribution in [-0.4, -0.2) is 28.3 Å². The molecule has 9 heteroatoms. The molecule has 3 rings (SSSR count). The fourth-order valence-electron chi connectivity index (χ4n) is 3.04. The maximum Gasteiger partial charge on any atom is 0.319 e. The number of carbonyl (C=O) groups excluding carboxylic acids is 2. The third kappa shape index (κ3) is 5.52. The maximum atomic E-state index is 12.6. The van der Waals surface area contributed by atoms with Gasteiger partial charge < -0.3 is 25.0 Å². The lowest BCUT2D eigenvalue weighted by atomic mass is 10.0. The van der Waals surface area contributed by atoms with Crippen molar-refractivity contribution in [2.45, 2.75) is 19.4 Å². The lowest BCUT2D eigenvalue weighted by Crippen LogP contribution is -2.36. The zero-order chi connectivity index (χ0) is 22.4. The molecule has 1 unspecified atom stereocenters. The van der Waals surface area contributed by atoms with Crippen molar-refractivity contribution in [3.8, 4) is 16.2 Å². The van der Waals surface area contributed by atoms with Crippen LogP contribution in [0.25, 0.3) is 10.4 Å². The van der Waals surface area contributed by atoms with E-state index in [2.05, 4.69) is 10.6 Å². The van der Waals surface area contributed by atoms with E-state index in [1.54, 1.807) is 24.3 Å². The number of ether oxygens (including phenoxy) is 1. The fourth-order valence-corrected chi connectivity index (χ4v) is 3.76. The number of aryl methyl sites for hydroxylation is 1. The summed E-state index contributed by atoms with van der Waals surface area (Å²) in [6.45, 7) is 1.93. The van der Waals surface area contributed by atoms with Gasteiger partial charge in [-0.25, -0.2) is 4.79 Å². The van der Waals surface area contributed by atoms with Crippen molar-refractivity contribution in [1.82, 2.24) is 9.88 Å². The Labute approximate surface area is 183 Å². The number of benzene rings is 1. The van der Waals surface area contributed by atoms with Gasteiger partial charge in [0.25, 0.3) is 5.56 Å². The standard InChI is InChI=1S/C22H23N3O5S/c1-3-30-19(27)13-16(14-6-4-7-15(12-14)18-8-5-11-31-18)23-22(29)24-20-17(26)9-10-25(2)21(20)28/h4-12,16,26H,3,13H2,1-2H3,(H2,23,24,29). The first kappa shape index (κ1) is 22.1. The van der Waals surface area contributed by atoms with Crippen LogP contribution in [0.2, 0.25) is 0 Å². The molecule has 1 atom stereocenters. The Balaban J connectivity index is 1.85. The normalized spacial score (nSPS) is 11.5. The fraction of sp³-hybridized carbons (Fsp3) is 0.227. The largest absolute Gasteiger partial charge is 0.505 e. The number of amides is 2. The summed E-state index contributed by atoms with van der Waals surface area (Å²) in [7, 11) is 1.50. The van der Waals surface area contributed by atoms with Gasteiger partial charge in [0.2, 0.25) is 0 Å². The van der Waals surface area contributed by atoms with E-state index in [-0.39, 0.29) is 24.5 Å². The number of nitrogens with zero attached hydrogens (tertiary/aromatic N) is 1. The average molecular weight is 442 g/mol. The monoisotopic (exact) mass is 441 g/mol. The van der Waals surface area contributed by atoms with Gasteiger partial charge in [0, 0.05) is 18.1 Å². The minimum Gasteiger partial charge on any atom is -0.505 e. The Morgan fingerprint density at radius 2 is 2.03 bits per heavy atom. The summed E-state index contributed by atoms with van der Waals surface area (Å²) < 4.78 is 6.28. The Bertz CT molecular complexity index is 1120. The van der Waals surface area contributed by atoms with Crippen molar-refractivity contribution in [2.75, 3.05) is 11.9 Å². The number of hydrogen-bond acceptors (Lipinski definition) is 6. The second-order valence-corrected chi connectivity index (χ2v) is 7.70. The summed E-state index contributed by atoms with van der Waals surface area (Å²) in [5, 5.41) is 17.0. The molecule has 162 valence electrons. The van der Waals surface area contributed by atoms with Crippen LogP contribution < -0.4 is 16.2 Å². The van der Waals surface area contributed by atoms with Crippen molar-refractivity contribution in [3.05, 3.63) is 70.0 Å². The molecule has 0 spiro atoms. The molecule has 0 aliphatic carbocycles. The smallest absolute Gasteiger partial charge is 0.319 e. The number of pyridine rings is 1. The number of carbonyl (C=O) groups is 2. The molecule has 0 saturated heterocycles. The Morgan fingerprint density at radius 3 is 2.74 bits per heavy atom. The zero-order valence-corrected chi connectivity index (χ0v) is 17.9. The number of urea groups is 1. The first-order valence-corrected chi connectivity index (χ1v) is 10.5. The quantitative estimate of drug-likeness (QED) is 0.485. The van der Waals surface area contributed by atoms with Gasteiger partial charge in [0.15, 0.2) is 5.69 Å². The van der Waals surface area contributed by atoms with Crippen LogP contribution >= 0.6 is 11.3 Å². The molecule has 3 N–H and O–H groups in total. The average Bonchev–Trinajstić information content (AvgIpc) is 3.29. The number of aromatic nitrogens is 1. The Hall–Kier alpha value is -3.59. The summed E-state index contributed by atoms with van der Waals surface area (Å²) in [6, 6.07) is 11.3. The van der Waals surface area contributed by atoms with Crippen LogP contribution in [0.15, 0.2) is 58.8 Å². The van der Waals surface area contributed by atoms with Crippen LogP contribution in [0, 0.1) is 0 Å². The van der Waals surface area contributed by atoms with Gasteiger partial charge in [-0.3, -0.25) is 9.59 Å². The topological polar surface area (TPSA) is 110 Å². The number of anilines is 1. The van der Waals surface area contributed by atoms with Gasteiger partial charge in [0.1, 0.15) is 5.75 Å². The van der Waals surface area contributed by atoms with E-state index >= 15 is 0 Å². The zero-order valence-electron chi connectivity index (χ0n) is 17.1. The summed E-state index contributed by atoms with van der Waals surface area (Å²) in [6.07, 6.45) is 1.30. The van der Waals surface area contributed by atoms with Gasteiger partial charge in [-0.2, -0.15) is 0 Å². The molecule has 0 saturated carbocycles. The predicted octanol–water partition coefficient (Wildman–Crippen LogP) is 3.64. The second kappa shape index (κ2) is 9.94. The van der Waals surface area contributed by atoms with Gasteiger partial charge in [-0.15, -0.1) is 11.3 Å². The van der Waals surface area contributed by atoms with E-state index in [1.807, 2.05) is 35.7 Å². The van der Waals surface area contributed by atoms with Gasteiger partial charge in [-0.05, 0) is 41.6 Å². The van der Waals surface area contributed by atoms with Crippen molar-refractivity contribution < 1.29 is 19.4 Å². The number of thiophene rings is 1. The number of rotatable bonds is 7. The highest BCUT2D eigenvalue weighted by atomic mass is 32.1. The van der Waals surface area contributed by atoms with E-state index in [9.17, 15) is 19.5 Å². The highest BCUT2D eigenvalue weighted by Crippen LogP contribution is 2.28. The van der Waals surface area contributed by atoms with Crippen LogP contribution in [0.5, 0.6) is 5.75 Å². The molecule has 3 aromatic rings. The lowest BCUT2D eigenvalue weighted by Gasteiger charge is -2.20. The highest BCUT2D eigenvalue weighted by molar-refractivity contribution is 7.13. The van der Waals surface area contributed by atoms with E-state index in [0.717, 1.165) is 10.4 Å². The first-order chi connectivity index (χ1) is 14.9. The van der Waals surface area contributed by atoms with Crippen LogP contribution in [0.4, 0.5) is 10.5 Å². The Kier molecular flexibility index (Phi) is 7.09. The van der Waals surface area contributed by atoms with E-state index in [4.69, 9.17) is 4.74 Å². The van der Waals surface area contributed by atoms with Crippen LogP contribution in [0.3, 0.4) is 0 Å². The Morgan fingerprint density at radius 1 is 1.23 bits per heavy atom. The molecule has 0 aliphatic rings. The molecule has 1 aromatic carbocycles. The van der Waals surface area contributed by atoms with Gasteiger partial charge in [-0.1, -0.05) is 24.3 Å². The predicted molar refractivity (Wildman–Crippen MR) is 119 cm³/mol. The lowest BCUT2D eigenvalue weighted by molar-refractivity contribution is -0.143. The number of hydrogen-bond donors (Lipinski definition) is 3. The van der Waals surface area contributed by atoms with E-state index in [0.29, 0.717) is 5.56 Å². The number of esters is 1. The molecule has 0 bridgehead atoms. The maximum absolute atomic E-state index is 12.6. The second-order valence-electron chi connectivity index (χ2n) is 6.75. The van der Waals surface area contributed by atoms with Crippen LogP contribution in [-0.2, 0) is 16.6 Å². The molecule has 2 aromatic heterocycles. The highest BCUT2D eigenvalue weighted by Gasteiger charge is 2.21. The molecular weight excluding hydrogens is 418 g/mol. The number of nitrogens with one attached hydrogen (secondary N) is 2. The molecule has 0 fully saturated rings. The summed E-state index contributed by atoms with van der Waals surface area (Å²) >= 11 is 1.58. The molecule has 0 radical (unpaired) electrons. The van der Waals surface area contributed by atoms with Gasteiger partial charge >= 0.3 is 12.0 Å². The molecule has 2 heterocycles. The SMILES string of the molecule is CCOC(=O)CC(NC(=O)Nc1c(O)ccn(C)c1=O)c1cccc(-c2cccs2)c1. The minimum absolute atomic E-state index is 0.0893. The molecule has 0 aliphatic heterocycles. The molecule has 31 heavy (non-hydrogen) atoms. The van der Waals surface area contributed by atoms with Crippen LogP contribution in [0.1, 0.15) is 24.9 Å². The minimum atomic E-state index is -0.727. The van der Waals surface area contributed by atoms with E-state index in [1.165, 1.54) is 23.9 Å². The van der Waals surface area contributed by atoms with Crippen molar-refractivity contribution in [2.24, 2.45) is 7.05 Å².